The van der Waals surface area contributed by atoms with Gasteiger partial charge in [0, 0.05) is 0 Å². The molecule has 86 valence electrons. The highest BCUT2D eigenvalue weighted by molar-refractivity contribution is 6.05. The molecule has 0 saturated heterocycles. The Labute approximate surface area is 91.0 Å². The van der Waals surface area contributed by atoms with E-state index in [1.807, 2.05) is 0 Å². The van der Waals surface area contributed by atoms with Gasteiger partial charge in [0.2, 0.25) is 0 Å². The van der Waals surface area contributed by atoms with E-state index in [4.69, 9.17) is 0 Å². The van der Waals surface area contributed by atoms with Crippen LogP contribution >= 0.6 is 0 Å². The van der Waals surface area contributed by atoms with Crippen LogP contribution in [0.25, 0.3) is 0 Å². The number of hydrogen-bond donors (Lipinski definition) is 2. The summed E-state index contributed by atoms with van der Waals surface area (Å²) in [5.41, 5.74) is -0.598. The highest BCUT2D eigenvalue weighted by Gasteiger charge is 2.24. The fraction of sp³-hybridized carbons (Fsp3) is 0.200. The second-order valence-electron chi connectivity index (χ2n) is 2.84. The topological polar surface area (TPSA) is 93.1 Å². The van der Waals surface area contributed by atoms with Crippen LogP contribution < -0.4 is 0 Å². The summed E-state index contributed by atoms with van der Waals surface area (Å²) >= 11 is 0. The van der Waals surface area contributed by atoms with Crippen LogP contribution in [0.15, 0.2) is 12.1 Å². The average molecular weight is 226 g/mol. The van der Waals surface area contributed by atoms with Crippen molar-refractivity contribution < 1.29 is 29.3 Å². The summed E-state index contributed by atoms with van der Waals surface area (Å²) in [7, 11) is 2.22. The first-order valence-corrected chi connectivity index (χ1v) is 4.24. The predicted octanol–water partition coefficient (Wildman–Crippen LogP) is 0.671. The number of carbonyl (C=O) groups excluding carboxylic acids is 2. The zero-order valence-corrected chi connectivity index (χ0v) is 8.68. The quantitative estimate of drug-likeness (QED) is 0.568. The maximum absolute atomic E-state index is 11.3. The third-order valence-electron chi connectivity index (χ3n) is 1.95. The Morgan fingerprint density at radius 1 is 1.06 bits per heavy atom. The Kier molecular flexibility index (Phi) is 3.34. The summed E-state index contributed by atoms with van der Waals surface area (Å²) in [4.78, 5) is 22.6. The van der Waals surface area contributed by atoms with Crippen LogP contribution in [0.1, 0.15) is 20.7 Å². The van der Waals surface area contributed by atoms with Gasteiger partial charge in [0.25, 0.3) is 0 Å². The highest BCUT2D eigenvalue weighted by Crippen LogP contribution is 2.32. The van der Waals surface area contributed by atoms with Crippen molar-refractivity contribution in [1.82, 2.24) is 0 Å². The van der Waals surface area contributed by atoms with Gasteiger partial charge in [-0.3, -0.25) is 0 Å². The first kappa shape index (κ1) is 11.8. The minimum atomic E-state index is -0.936. The van der Waals surface area contributed by atoms with E-state index in [2.05, 4.69) is 9.47 Å². The van der Waals surface area contributed by atoms with Crippen molar-refractivity contribution in [3.63, 3.8) is 0 Å². The van der Waals surface area contributed by atoms with Crippen LogP contribution in [-0.4, -0.2) is 36.4 Å². The predicted molar refractivity (Wildman–Crippen MR) is 52.5 cm³/mol. The van der Waals surface area contributed by atoms with Crippen LogP contribution in [0.5, 0.6) is 11.5 Å². The van der Waals surface area contributed by atoms with Gasteiger partial charge in [0.1, 0.15) is 5.56 Å². The van der Waals surface area contributed by atoms with Crippen molar-refractivity contribution in [2.24, 2.45) is 0 Å². The average Bonchev–Trinajstić information content (AvgIpc) is 2.30. The monoisotopic (exact) mass is 226 g/mol. The van der Waals surface area contributed by atoms with E-state index in [0.717, 1.165) is 26.4 Å². The number of phenols is 2. The lowest BCUT2D eigenvalue weighted by Crippen LogP contribution is -2.11. The molecule has 0 aliphatic rings. The Morgan fingerprint density at radius 2 is 1.62 bits per heavy atom. The van der Waals surface area contributed by atoms with Gasteiger partial charge in [-0.25, -0.2) is 9.59 Å². The molecule has 16 heavy (non-hydrogen) atoms. The SMILES string of the molecule is COC(=O)c1ccc(O)c(O)c1C(=O)OC. The summed E-state index contributed by atoms with van der Waals surface area (Å²) in [6.07, 6.45) is 0. The van der Waals surface area contributed by atoms with Gasteiger partial charge in [-0.2, -0.15) is 0 Å². The van der Waals surface area contributed by atoms with E-state index in [1.54, 1.807) is 0 Å². The van der Waals surface area contributed by atoms with Crippen molar-refractivity contribution in [2.75, 3.05) is 14.2 Å². The molecule has 0 radical (unpaired) electrons. The Balaban J connectivity index is 3.44. The van der Waals surface area contributed by atoms with E-state index < -0.39 is 29.0 Å². The highest BCUT2D eigenvalue weighted by atomic mass is 16.5. The molecule has 0 spiro atoms. The van der Waals surface area contributed by atoms with E-state index >= 15 is 0 Å². The van der Waals surface area contributed by atoms with Gasteiger partial charge in [0.05, 0.1) is 19.8 Å². The van der Waals surface area contributed by atoms with Gasteiger partial charge >= 0.3 is 11.9 Å². The number of hydrogen-bond acceptors (Lipinski definition) is 6. The molecule has 0 saturated carbocycles. The number of phenolic OH excluding ortho intramolecular Hbond substituents is 2. The van der Waals surface area contributed by atoms with Gasteiger partial charge in [-0.05, 0) is 12.1 Å². The van der Waals surface area contributed by atoms with E-state index in [0.29, 0.717) is 0 Å². The van der Waals surface area contributed by atoms with Crippen LogP contribution in [0.4, 0.5) is 0 Å². The Hall–Kier alpha value is -2.24. The Morgan fingerprint density at radius 3 is 2.12 bits per heavy atom. The maximum Gasteiger partial charge on any atom is 0.342 e. The molecule has 0 aliphatic heterocycles. The lowest BCUT2D eigenvalue weighted by molar-refractivity contribution is 0.0551. The van der Waals surface area contributed by atoms with E-state index in [1.165, 1.54) is 0 Å². The first-order chi connectivity index (χ1) is 7.52. The number of aromatic hydroxyl groups is 2. The first-order valence-electron chi connectivity index (χ1n) is 4.24. The van der Waals surface area contributed by atoms with Crippen molar-refractivity contribution >= 4 is 11.9 Å². The minimum absolute atomic E-state index is 0.176. The van der Waals surface area contributed by atoms with Crippen LogP contribution in [0.2, 0.25) is 0 Å². The number of rotatable bonds is 2. The molecule has 0 unspecified atom stereocenters. The number of esters is 2. The summed E-state index contributed by atoms with van der Waals surface area (Å²) < 4.78 is 8.82. The molecular weight excluding hydrogens is 216 g/mol. The molecule has 6 nitrogen and oxygen atoms in total. The fourth-order valence-corrected chi connectivity index (χ4v) is 1.17. The molecule has 0 bridgehead atoms. The van der Waals surface area contributed by atoms with E-state index in [9.17, 15) is 19.8 Å². The molecule has 1 aromatic rings. The van der Waals surface area contributed by atoms with Crippen molar-refractivity contribution in [1.29, 1.82) is 0 Å². The zero-order valence-electron chi connectivity index (χ0n) is 8.68. The molecule has 1 aromatic carbocycles. The molecule has 0 aromatic heterocycles. The van der Waals surface area contributed by atoms with Gasteiger partial charge < -0.3 is 19.7 Å². The number of benzene rings is 1. The summed E-state index contributed by atoms with van der Waals surface area (Å²) in [5, 5.41) is 18.7. The Bertz CT molecular complexity index is 437. The molecule has 0 heterocycles. The molecule has 0 atom stereocenters. The van der Waals surface area contributed by atoms with Crippen LogP contribution in [-0.2, 0) is 9.47 Å². The fourth-order valence-electron chi connectivity index (χ4n) is 1.17. The molecule has 0 aliphatic carbocycles. The minimum Gasteiger partial charge on any atom is -0.504 e. The van der Waals surface area contributed by atoms with Gasteiger partial charge in [-0.15, -0.1) is 0 Å². The van der Waals surface area contributed by atoms with Gasteiger partial charge in [-0.1, -0.05) is 0 Å². The second kappa shape index (κ2) is 4.52. The third-order valence-corrected chi connectivity index (χ3v) is 1.95. The summed E-state index contributed by atoms with van der Waals surface area (Å²) in [6.45, 7) is 0. The number of carbonyl (C=O) groups is 2. The van der Waals surface area contributed by atoms with Crippen LogP contribution in [0.3, 0.4) is 0 Å². The molecule has 0 amide bonds. The molecule has 1 rings (SSSR count). The van der Waals surface area contributed by atoms with Crippen LogP contribution in [0, 0.1) is 0 Å². The lowest BCUT2D eigenvalue weighted by atomic mass is 10.1. The van der Waals surface area contributed by atoms with E-state index in [-0.39, 0.29) is 5.56 Å². The third kappa shape index (κ3) is 1.90. The van der Waals surface area contributed by atoms with Crippen molar-refractivity contribution in [3.8, 4) is 11.5 Å². The summed E-state index contributed by atoms with van der Waals surface area (Å²) in [5.74, 6) is -2.98. The molecule has 0 fully saturated rings. The second-order valence-corrected chi connectivity index (χ2v) is 2.84. The zero-order chi connectivity index (χ0) is 12.3. The number of ether oxygens (including phenoxy) is 2. The number of methoxy groups -OCH3 is 2. The van der Waals surface area contributed by atoms with Gasteiger partial charge in [0.15, 0.2) is 11.5 Å². The summed E-state index contributed by atoms with van der Waals surface area (Å²) in [6, 6.07) is 2.24. The van der Waals surface area contributed by atoms with Crippen molar-refractivity contribution in [3.05, 3.63) is 23.3 Å². The lowest BCUT2D eigenvalue weighted by Gasteiger charge is -2.08. The molecular formula is C10H10O6. The standard InChI is InChI=1S/C10H10O6/c1-15-9(13)5-3-4-6(11)8(12)7(5)10(14)16-2/h3-4,11-12H,1-2H3. The smallest absolute Gasteiger partial charge is 0.342 e. The largest absolute Gasteiger partial charge is 0.504 e. The normalized spacial score (nSPS) is 9.62. The maximum atomic E-state index is 11.3. The van der Waals surface area contributed by atoms with Crippen molar-refractivity contribution in [2.45, 2.75) is 0 Å². The molecule has 2 N–H and O–H groups in total. The molecule has 6 heteroatoms.